The Morgan fingerprint density at radius 2 is 1.85 bits per heavy atom. The number of nitrogens with two attached hydrogens (primary N) is 1. The Bertz CT molecular complexity index is 284. The number of urea groups is 1. The number of aromatic nitrogens is 3. The summed E-state index contributed by atoms with van der Waals surface area (Å²) in [6.07, 6.45) is 1.40. The fourth-order valence-electron chi connectivity index (χ4n) is 1.05. The van der Waals surface area contributed by atoms with Crippen molar-refractivity contribution in [3.63, 3.8) is 0 Å². The molecule has 0 aromatic carbocycles. The van der Waals surface area contributed by atoms with Gasteiger partial charge >= 0.3 is 6.03 Å². The van der Waals surface area contributed by atoms with E-state index in [1.807, 2.05) is 13.8 Å². The third-order valence-electron chi connectivity index (χ3n) is 1.65. The topological polar surface area (TPSA) is 85.8 Å². The first-order valence-electron chi connectivity index (χ1n) is 4.18. The minimum atomic E-state index is -0.607. The van der Waals surface area contributed by atoms with Gasteiger partial charge in [-0.15, -0.1) is 10.2 Å². The van der Waals surface area contributed by atoms with E-state index < -0.39 is 6.03 Å². The molecule has 6 nitrogen and oxygen atoms in total. The fraction of sp³-hybridized carbons (Fsp3) is 0.571. The van der Waals surface area contributed by atoms with Crippen LogP contribution in [0.15, 0.2) is 0 Å². The maximum absolute atomic E-state index is 10.6. The monoisotopic (exact) mass is 183 g/mol. The Labute approximate surface area is 76.1 Å². The van der Waals surface area contributed by atoms with Gasteiger partial charge in [0.25, 0.3) is 0 Å². The Morgan fingerprint density at radius 3 is 2.15 bits per heavy atom. The fourth-order valence-corrected chi connectivity index (χ4v) is 1.05. The van der Waals surface area contributed by atoms with Crippen LogP contribution in [0.5, 0.6) is 0 Å². The quantitative estimate of drug-likeness (QED) is 0.692. The molecule has 6 heteroatoms. The third kappa shape index (κ3) is 1.95. The Hall–Kier alpha value is -1.59. The van der Waals surface area contributed by atoms with Gasteiger partial charge in [0.15, 0.2) is 11.6 Å². The molecule has 0 radical (unpaired) electrons. The molecule has 0 unspecified atom stereocenters. The van der Waals surface area contributed by atoms with Crippen molar-refractivity contribution < 1.29 is 4.79 Å². The van der Waals surface area contributed by atoms with Crippen LogP contribution >= 0.6 is 0 Å². The number of hydrogen-bond acceptors (Lipinski definition) is 3. The number of carbonyl (C=O) groups excluding carboxylic acids is 1. The van der Waals surface area contributed by atoms with Crippen molar-refractivity contribution in [2.45, 2.75) is 26.7 Å². The molecule has 2 amide bonds. The number of amides is 2. The zero-order valence-corrected chi connectivity index (χ0v) is 7.74. The van der Waals surface area contributed by atoms with Gasteiger partial charge < -0.3 is 5.73 Å². The largest absolute Gasteiger partial charge is 0.350 e. The van der Waals surface area contributed by atoms with Gasteiger partial charge in [0, 0.05) is 12.8 Å². The average molecular weight is 183 g/mol. The first-order valence-corrected chi connectivity index (χ1v) is 4.18. The number of hydrogen-bond donors (Lipinski definition) is 2. The van der Waals surface area contributed by atoms with E-state index >= 15 is 0 Å². The van der Waals surface area contributed by atoms with E-state index in [4.69, 9.17) is 5.73 Å². The van der Waals surface area contributed by atoms with Gasteiger partial charge in [0.2, 0.25) is 0 Å². The van der Waals surface area contributed by atoms with Crippen LogP contribution in [0, 0.1) is 0 Å². The number of rotatable bonds is 3. The minimum Gasteiger partial charge on any atom is -0.350 e. The standard InChI is InChI=1S/C7H13N5O/c1-3-5-9-10-6(4-2)12(5)11-7(8)13/h3-4H2,1-2H3,(H3,8,11,13). The first kappa shape index (κ1) is 9.50. The molecule has 0 fully saturated rings. The second kappa shape index (κ2) is 3.88. The zero-order valence-electron chi connectivity index (χ0n) is 7.74. The van der Waals surface area contributed by atoms with Crippen LogP contribution in [0.1, 0.15) is 25.5 Å². The minimum absolute atomic E-state index is 0.607. The van der Waals surface area contributed by atoms with Crippen molar-refractivity contribution in [2.75, 3.05) is 5.43 Å². The lowest BCUT2D eigenvalue weighted by Gasteiger charge is -2.06. The SMILES string of the molecule is CCc1nnc(CC)n1NC(N)=O. The van der Waals surface area contributed by atoms with Crippen LogP contribution in [0.4, 0.5) is 4.79 Å². The average Bonchev–Trinajstić information content (AvgIpc) is 2.46. The molecule has 0 atom stereocenters. The van der Waals surface area contributed by atoms with Crippen LogP contribution < -0.4 is 11.2 Å². The summed E-state index contributed by atoms with van der Waals surface area (Å²) in [5.74, 6) is 1.41. The van der Waals surface area contributed by atoms with E-state index in [0.717, 1.165) is 0 Å². The number of aryl methyl sites for hydroxylation is 2. The highest BCUT2D eigenvalue weighted by Crippen LogP contribution is 2.00. The maximum atomic E-state index is 10.6. The molecule has 0 saturated heterocycles. The molecule has 13 heavy (non-hydrogen) atoms. The predicted molar refractivity (Wildman–Crippen MR) is 47.7 cm³/mol. The van der Waals surface area contributed by atoms with E-state index in [1.54, 1.807) is 0 Å². The van der Waals surface area contributed by atoms with Crippen molar-refractivity contribution in [3.8, 4) is 0 Å². The molecular formula is C7H13N5O. The molecule has 0 bridgehead atoms. The highest BCUT2D eigenvalue weighted by molar-refractivity contribution is 5.79. The smallest absolute Gasteiger partial charge is 0.331 e. The summed E-state index contributed by atoms with van der Waals surface area (Å²) in [7, 11) is 0. The van der Waals surface area contributed by atoms with E-state index in [-0.39, 0.29) is 0 Å². The molecule has 0 saturated carbocycles. The molecule has 0 aliphatic heterocycles. The Balaban J connectivity index is 2.97. The number of primary amides is 1. The summed E-state index contributed by atoms with van der Waals surface area (Å²) in [6.45, 7) is 3.87. The molecule has 1 rings (SSSR count). The second-order valence-electron chi connectivity index (χ2n) is 2.55. The predicted octanol–water partition coefficient (Wildman–Crippen LogP) is 0.0251. The van der Waals surface area contributed by atoms with Crippen molar-refractivity contribution in [3.05, 3.63) is 11.6 Å². The molecular weight excluding hydrogens is 170 g/mol. The lowest BCUT2D eigenvalue weighted by Crippen LogP contribution is -2.30. The Morgan fingerprint density at radius 1 is 1.38 bits per heavy atom. The van der Waals surface area contributed by atoms with Crippen LogP contribution in [0.2, 0.25) is 0 Å². The van der Waals surface area contributed by atoms with E-state index in [0.29, 0.717) is 24.5 Å². The zero-order chi connectivity index (χ0) is 9.84. The van der Waals surface area contributed by atoms with E-state index in [2.05, 4.69) is 15.6 Å². The highest BCUT2D eigenvalue weighted by atomic mass is 16.2. The van der Waals surface area contributed by atoms with Crippen molar-refractivity contribution in [1.29, 1.82) is 0 Å². The van der Waals surface area contributed by atoms with E-state index in [9.17, 15) is 4.79 Å². The summed E-state index contributed by atoms with van der Waals surface area (Å²) in [4.78, 5) is 10.6. The van der Waals surface area contributed by atoms with Gasteiger partial charge in [0.1, 0.15) is 0 Å². The summed E-state index contributed by atoms with van der Waals surface area (Å²) in [6, 6.07) is -0.607. The Kier molecular flexibility index (Phi) is 2.84. The second-order valence-corrected chi connectivity index (χ2v) is 2.55. The lowest BCUT2D eigenvalue weighted by molar-refractivity contribution is 0.256. The molecule has 1 heterocycles. The van der Waals surface area contributed by atoms with Crippen LogP contribution in [-0.2, 0) is 12.8 Å². The third-order valence-corrected chi connectivity index (χ3v) is 1.65. The highest BCUT2D eigenvalue weighted by Gasteiger charge is 2.09. The first-order chi connectivity index (χ1) is 6.19. The van der Waals surface area contributed by atoms with Crippen LogP contribution in [-0.4, -0.2) is 20.9 Å². The van der Waals surface area contributed by atoms with Gasteiger partial charge in [-0.3, -0.25) is 0 Å². The van der Waals surface area contributed by atoms with Crippen molar-refractivity contribution >= 4 is 6.03 Å². The maximum Gasteiger partial charge on any atom is 0.331 e. The number of nitrogens with zero attached hydrogens (tertiary/aromatic N) is 3. The van der Waals surface area contributed by atoms with Crippen molar-refractivity contribution in [2.24, 2.45) is 5.73 Å². The molecule has 1 aromatic rings. The molecule has 0 spiro atoms. The summed E-state index contributed by atoms with van der Waals surface area (Å²) in [5, 5.41) is 7.80. The summed E-state index contributed by atoms with van der Waals surface area (Å²) < 4.78 is 1.53. The normalized spacial score (nSPS) is 10.0. The number of nitrogens with one attached hydrogen (secondary N) is 1. The van der Waals surface area contributed by atoms with E-state index in [1.165, 1.54) is 4.68 Å². The molecule has 3 N–H and O–H groups in total. The van der Waals surface area contributed by atoms with Gasteiger partial charge in [-0.2, -0.15) is 0 Å². The van der Waals surface area contributed by atoms with Gasteiger partial charge in [-0.05, 0) is 0 Å². The van der Waals surface area contributed by atoms with Crippen molar-refractivity contribution in [1.82, 2.24) is 14.9 Å². The van der Waals surface area contributed by atoms with Gasteiger partial charge in [-0.25, -0.2) is 14.9 Å². The summed E-state index contributed by atoms with van der Waals surface area (Å²) in [5.41, 5.74) is 7.46. The molecule has 0 aliphatic carbocycles. The number of carbonyl (C=O) groups is 1. The summed E-state index contributed by atoms with van der Waals surface area (Å²) >= 11 is 0. The molecule has 0 aliphatic rings. The lowest BCUT2D eigenvalue weighted by atomic mass is 10.4. The molecule has 1 aromatic heterocycles. The van der Waals surface area contributed by atoms with Gasteiger partial charge in [-0.1, -0.05) is 13.8 Å². The van der Waals surface area contributed by atoms with Crippen LogP contribution in [0.3, 0.4) is 0 Å². The van der Waals surface area contributed by atoms with Gasteiger partial charge in [0.05, 0.1) is 0 Å². The molecule has 72 valence electrons. The van der Waals surface area contributed by atoms with Crippen LogP contribution in [0.25, 0.3) is 0 Å².